The van der Waals surface area contributed by atoms with Crippen LogP contribution in [-0.4, -0.2) is 49.8 Å². The van der Waals surface area contributed by atoms with E-state index in [1.54, 1.807) is 0 Å². The first kappa shape index (κ1) is 21.5. The number of rotatable bonds is 8. The Kier molecular flexibility index (Phi) is 9.10. The van der Waals surface area contributed by atoms with E-state index in [1.807, 2.05) is 49.2 Å². The number of hydrazone groups is 1. The second-order valence-corrected chi connectivity index (χ2v) is 7.24. The molecule has 0 bridgehead atoms. The Hall–Kier alpha value is -2.77. The van der Waals surface area contributed by atoms with E-state index in [2.05, 4.69) is 15.7 Å². The van der Waals surface area contributed by atoms with Gasteiger partial charge in [-0.2, -0.15) is 5.10 Å². The number of amides is 2. The van der Waals surface area contributed by atoms with Gasteiger partial charge >= 0.3 is 12.2 Å². The summed E-state index contributed by atoms with van der Waals surface area (Å²) in [5.41, 5.74) is 0.954. The van der Waals surface area contributed by atoms with E-state index in [-0.39, 0.29) is 18.4 Å². The summed E-state index contributed by atoms with van der Waals surface area (Å²) in [7, 11) is 0. The van der Waals surface area contributed by atoms with Gasteiger partial charge in [-0.3, -0.25) is 10.3 Å². The van der Waals surface area contributed by atoms with Crippen molar-refractivity contribution < 1.29 is 19.1 Å². The number of nitrogens with one attached hydrogen (secondary N) is 2. The van der Waals surface area contributed by atoms with Gasteiger partial charge in [-0.15, -0.1) is 0 Å². The normalized spacial score (nSPS) is 16.8. The van der Waals surface area contributed by atoms with Crippen LogP contribution in [0.25, 0.3) is 0 Å². The predicted molar refractivity (Wildman–Crippen MR) is 107 cm³/mol. The van der Waals surface area contributed by atoms with E-state index in [0.29, 0.717) is 19.7 Å². The van der Waals surface area contributed by atoms with Gasteiger partial charge < -0.3 is 14.8 Å². The van der Waals surface area contributed by atoms with Crippen molar-refractivity contribution in [2.24, 2.45) is 16.9 Å². The van der Waals surface area contributed by atoms with Gasteiger partial charge in [-0.25, -0.2) is 9.59 Å². The largest absolute Gasteiger partial charge is 0.449 e. The molecule has 154 valence electrons. The molecule has 1 atom stereocenters. The zero-order chi connectivity index (χ0) is 20.2. The number of carbonyl (C=O) groups excluding carboxylic acids is 2. The summed E-state index contributed by atoms with van der Waals surface area (Å²) in [5.74, 6) is 0.570. The van der Waals surface area contributed by atoms with Crippen molar-refractivity contribution in [1.82, 2.24) is 15.6 Å². The van der Waals surface area contributed by atoms with E-state index in [0.717, 1.165) is 24.9 Å². The zero-order valence-corrected chi connectivity index (χ0v) is 16.6. The van der Waals surface area contributed by atoms with Crippen molar-refractivity contribution in [2.45, 2.75) is 33.3 Å². The molecule has 1 heterocycles. The van der Waals surface area contributed by atoms with E-state index in [1.165, 1.54) is 6.34 Å². The van der Waals surface area contributed by atoms with Crippen LogP contribution >= 0.6 is 0 Å². The van der Waals surface area contributed by atoms with Crippen LogP contribution in [0.2, 0.25) is 0 Å². The molecule has 8 nitrogen and oxygen atoms in total. The average molecular weight is 390 g/mol. The van der Waals surface area contributed by atoms with E-state index in [4.69, 9.17) is 9.47 Å². The molecular formula is C20H30N4O4. The lowest BCUT2D eigenvalue weighted by atomic mass is 9.99. The summed E-state index contributed by atoms with van der Waals surface area (Å²) in [6.45, 7) is 6.63. The van der Waals surface area contributed by atoms with Crippen LogP contribution in [-0.2, 0) is 16.1 Å². The maximum atomic E-state index is 11.9. The van der Waals surface area contributed by atoms with Crippen LogP contribution in [0, 0.1) is 11.8 Å². The van der Waals surface area contributed by atoms with Gasteiger partial charge in [0, 0.05) is 19.6 Å². The Morgan fingerprint density at radius 3 is 2.79 bits per heavy atom. The minimum Gasteiger partial charge on any atom is -0.449 e. The Morgan fingerprint density at radius 2 is 2.04 bits per heavy atom. The van der Waals surface area contributed by atoms with Gasteiger partial charge in [0.25, 0.3) is 0 Å². The number of carbonyl (C=O) groups is 2. The summed E-state index contributed by atoms with van der Waals surface area (Å²) >= 11 is 0. The van der Waals surface area contributed by atoms with Crippen molar-refractivity contribution in [2.75, 3.05) is 26.2 Å². The molecule has 28 heavy (non-hydrogen) atoms. The molecule has 2 amide bonds. The molecule has 1 fully saturated rings. The van der Waals surface area contributed by atoms with Crippen molar-refractivity contribution in [1.29, 1.82) is 0 Å². The SMILES string of the molecule is CC(C)COC(=O)NC=NN1CCC[C@@H](CNC(=O)OCc2ccccc2)C1. The van der Waals surface area contributed by atoms with Crippen LogP contribution in [0.5, 0.6) is 0 Å². The molecule has 1 aromatic rings. The number of hydrogen-bond acceptors (Lipinski definition) is 6. The number of piperidine rings is 1. The highest BCUT2D eigenvalue weighted by Gasteiger charge is 2.19. The monoisotopic (exact) mass is 390 g/mol. The molecule has 1 aliphatic rings. The first-order valence-electron chi connectivity index (χ1n) is 9.68. The zero-order valence-electron chi connectivity index (χ0n) is 16.6. The lowest BCUT2D eigenvalue weighted by Gasteiger charge is -2.30. The van der Waals surface area contributed by atoms with Crippen molar-refractivity contribution in [3.63, 3.8) is 0 Å². The fourth-order valence-electron chi connectivity index (χ4n) is 2.76. The second-order valence-electron chi connectivity index (χ2n) is 7.24. The van der Waals surface area contributed by atoms with Crippen molar-refractivity contribution in [3.05, 3.63) is 35.9 Å². The Bertz CT molecular complexity index is 636. The van der Waals surface area contributed by atoms with Gasteiger partial charge in [-0.1, -0.05) is 44.2 Å². The number of benzene rings is 1. The van der Waals surface area contributed by atoms with Gasteiger partial charge in [-0.05, 0) is 30.2 Å². The van der Waals surface area contributed by atoms with E-state index >= 15 is 0 Å². The summed E-state index contributed by atoms with van der Waals surface area (Å²) in [6.07, 6.45) is 2.41. The molecule has 0 aliphatic carbocycles. The number of nitrogens with zero attached hydrogens (tertiary/aromatic N) is 2. The van der Waals surface area contributed by atoms with Crippen LogP contribution < -0.4 is 10.6 Å². The highest BCUT2D eigenvalue weighted by Crippen LogP contribution is 2.15. The Balaban J connectivity index is 1.63. The van der Waals surface area contributed by atoms with E-state index < -0.39 is 12.2 Å². The number of hydrogen-bond donors (Lipinski definition) is 2. The fourth-order valence-corrected chi connectivity index (χ4v) is 2.76. The fraction of sp³-hybridized carbons (Fsp3) is 0.550. The van der Waals surface area contributed by atoms with Crippen LogP contribution in [0.3, 0.4) is 0 Å². The summed E-state index contributed by atoms with van der Waals surface area (Å²) in [4.78, 5) is 23.3. The third kappa shape index (κ3) is 8.75. The van der Waals surface area contributed by atoms with Crippen LogP contribution in [0.15, 0.2) is 35.4 Å². The first-order chi connectivity index (χ1) is 13.5. The molecule has 1 aliphatic heterocycles. The smallest absolute Gasteiger partial charge is 0.412 e. The molecule has 0 radical (unpaired) electrons. The predicted octanol–water partition coefficient (Wildman–Crippen LogP) is 2.95. The molecule has 8 heteroatoms. The molecule has 2 N–H and O–H groups in total. The third-order valence-electron chi connectivity index (χ3n) is 4.20. The molecule has 1 aromatic carbocycles. The van der Waals surface area contributed by atoms with Crippen molar-refractivity contribution >= 4 is 18.5 Å². The molecular weight excluding hydrogens is 360 g/mol. The number of alkyl carbamates (subject to hydrolysis) is 2. The summed E-state index contributed by atoms with van der Waals surface area (Å²) < 4.78 is 10.2. The highest BCUT2D eigenvalue weighted by molar-refractivity contribution is 5.81. The number of ether oxygens (including phenoxy) is 2. The van der Waals surface area contributed by atoms with Crippen LogP contribution in [0.1, 0.15) is 32.3 Å². The second kappa shape index (κ2) is 11.8. The Morgan fingerprint density at radius 1 is 1.25 bits per heavy atom. The lowest BCUT2D eigenvalue weighted by Crippen LogP contribution is -2.39. The third-order valence-corrected chi connectivity index (χ3v) is 4.20. The standard InChI is InChI=1S/C20H30N4O4/c1-16(2)13-27-20(26)22-15-23-24-10-6-9-18(12-24)11-21-19(25)28-14-17-7-4-3-5-8-17/h3-5,7-8,15-16,18H,6,9-14H2,1-2H3,(H,21,25)(H,22,23,26)/t18-/m0/s1. The maximum Gasteiger partial charge on any atom is 0.412 e. The molecule has 0 aromatic heterocycles. The molecule has 1 saturated heterocycles. The first-order valence-corrected chi connectivity index (χ1v) is 9.68. The molecule has 0 saturated carbocycles. The lowest BCUT2D eigenvalue weighted by molar-refractivity contribution is 0.130. The van der Waals surface area contributed by atoms with E-state index in [9.17, 15) is 9.59 Å². The van der Waals surface area contributed by atoms with Gasteiger partial charge in [0.15, 0.2) is 0 Å². The maximum absolute atomic E-state index is 11.9. The van der Waals surface area contributed by atoms with Gasteiger partial charge in [0.2, 0.25) is 0 Å². The van der Waals surface area contributed by atoms with Crippen molar-refractivity contribution in [3.8, 4) is 0 Å². The Labute approximate surface area is 166 Å². The van der Waals surface area contributed by atoms with Crippen LogP contribution in [0.4, 0.5) is 9.59 Å². The molecule has 0 unspecified atom stereocenters. The summed E-state index contributed by atoms with van der Waals surface area (Å²) in [6, 6.07) is 9.57. The van der Waals surface area contributed by atoms with Gasteiger partial charge in [0.1, 0.15) is 12.9 Å². The quantitative estimate of drug-likeness (QED) is 0.526. The average Bonchev–Trinajstić information content (AvgIpc) is 2.70. The highest BCUT2D eigenvalue weighted by atomic mass is 16.6. The minimum atomic E-state index is -0.506. The topological polar surface area (TPSA) is 92.3 Å². The van der Waals surface area contributed by atoms with Gasteiger partial charge in [0.05, 0.1) is 6.61 Å². The molecule has 2 rings (SSSR count). The summed E-state index contributed by atoms with van der Waals surface area (Å²) in [5, 5.41) is 11.5. The molecule has 0 spiro atoms. The minimum absolute atomic E-state index is 0.256.